The zero-order chi connectivity index (χ0) is 37.9. The number of imide groups is 2. The van der Waals surface area contributed by atoms with Gasteiger partial charge in [-0.25, -0.2) is 0 Å². The second-order valence-electron chi connectivity index (χ2n) is 14.1. The molecule has 0 spiro atoms. The highest BCUT2D eigenvalue weighted by molar-refractivity contribution is 6.23. The third-order valence-electron chi connectivity index (χ3n) is 10.9. The van der Waals surface area contributed by atoms with E-state index in [1.54, 1.807) is 97.0 Å². The van der Waals surface area contributed by atoms with Crippen molar-refractivity contribution in [3.63, 3.8) is 0 Å². The van der Waals surface area contributed by atoms with Crippen LogP contribution < -0.4 is 0 Å². The lowest BCUT2D eigenvalue weighted by Gasteiger charge is -2.38. The fourth-order valence-electron chi connectivity index (χ4n) is 8.05. The van der Waals surface area contributed by atoms with Crippen LogP contribution in [0.5, 0.6) is 0 Å². The van der Waals surface area contributed by atoms with Crippen molar-refractivity contribution >= 4 is 35.4 Å². The Hall–Kier alpha value is -6.08. The maximum absolute atomic E-state index is 13.3. The summed E-state index contributed by atoms with van der Waals surface area (Å²) < 4.78 is 0. The minimum Gasteiger partial charge on any atom is -0.412 e. The molecule has 4 unspecified atom stereocenters. The predicted octanol–water partition coefficient (Wildman–Crippen LogP) is 4.82. The van der Waals surface area contributed by atoms with E-state index in [9.17, 15) is 28.8 Å². The summed E-state index contributed by atoms with van der Waals surface area (Å²) >= 11 is 0. The highest BCUT2D eigenvalue weighted by Crippen LogP contribution is 2.34. The largest absolute Gasteiger partial charge is 0.412 e. The Morgan fingerprint density at radius 2 is 0.891 bits per heavy atom. The molecule has 4 aliphatic heterocycles. The lowest BCUT2D eigenvalue weighted by molar-refractivity contribution is -0.139. The van der Waals surface area contributed by atoms with E-state index in [0.29, 0.717) is 35.3 Å². The first-order valence-electron chi connectivity index (χ1n) is 18.5. The zero-order valence-corrected chi connectivity index (χ0v) is 30.8. The number of piperidine rings is 2. The van der Waals surface area contributed by atoms with Gasteiger partial charge in [0.05, 0.1) is 34.3 Å². The number of carbonyl (C=O) groups is 6. The van der Waals surface area contributed by atoms with Gasteiger partial charge in [-0.1, -0.05) is 36.4 Å². The molecule has 13 heteroatoms. The first-order chi connectivity index (χ1) is 26.2. The van der Waals surface area contributed by atoms with Crippen LogP contribution in [0.15, 0.2) is 97.6 Å². The van der Waals surface area contributed by atoms with Crippen molar-refractivity contribution in [2.45, 2.75) is 76.5 Å². The van der Waals surface area contributed by atoms with Crippen LogP contribution in [0.1, 0.15) is 117 Å². The second kappa shape index (κ2) is 16.5. The molecule has 4 atom stereocenters. The van der Waals surface area contributed by atoms with Gasteiger partial charge in [0.2, 0.25) is 11.8 Å². The van der Waals surface area contributed by atoms with Crippen LogP contribution in [-0.2, 0) is 9.59 Å². The molecule has 13 nitrogen and oxygen atoms in total. The van der Waals surface area contributed by atoms with Crippen LogP contribution >= 0.6 is 0 Å². The Labute approximate surface area is 319 Å². The van der Waals surface area contributed by atoms with E-state index in [2.05, 4.69) is 9.97 Å². The fraction of sp³-hybridized carbons (Fsp3) is 0.333. The minimum absolute atomic E-state index is 0. The van der Waals surface area contributed by atoms with Crippen molar-refractivity contribution in [3.05, 3.63) is 131 Å². The van der Waals surface area contributed by atoms with E-state index in [1.807, 2.05) is 24.3 Å². The lowest BCUT2D eigenvalue weighted by atomic mass is 9.95. The van der Waals surface area contributed by atoms with Gasteiger partial charge in [0, 0.05) is 37.9 Å². The Kier molecular flexibility index (Phi) is 11.6. The topological polar surface area (TPSA) is 173 Å². The molecule has 2 N–H and O–H groups in total. The minimum atomic E-state index is -0.838. The summed E-state index contributed by atoms with van der Waals surface area (Å²) in [5, 5.41) is 0. The van der Waals surface area contributed by atoms with Gasteiger partial charge in [0.25, 0.3) is 23.6 Å². The Morgan fingerprint density at radius 3 is 1.20 bits per heavy atom. The van der Waals surface area contributed by atoms with Gasteiger partial charge >= 0.3 is 0 Å². The first-order valence-corrected chi connectivity index (χ1v) is 18.5. The van der Waals surface area contributed by atoms with E-state index >= 15 is 0 Å². The number of carbonyl (C=O) groups excluding carboxylic acids is 6. The number of aromatic nitrogens is 2. The molecule has 6 amide bonds. The van der Waals surface area contributed by atoms with Crippen molar-refractivity contribution in [3.8, 4) is 0 Å². The molecule has 2 fully saturated rings. The van der Waals surface area contributed by atoms with E-state index in [0.717, 1.165) is 59.5 Å². The number of pyridine rings is 2. The molecule has 8 rings (SSSR count). The number of fused-ring (bicyclic) bond motifs is 2. The number of likely N-dealkylation sites (tertiary alicyclic amines) is 2. The number of hydrogen-bond acceptors (Lipinski definition) is 8. The van der Waals surface area contributed by atoms with Crippen LogP contribution in [0.4, 0.5) is 0 Å². The van der Waals surface area contributed by atoms with E-state index in [4.69, 9.17) is 0 Å². The van der Waals surface area contributed by atoms with Gasteiger partial charge in [-0.3, -0.25) is 48.5 Å². The number of amides is 6. The average Bonchev–Trinajstić information content (AvgIpc) is 3.64. The number of rotatable bonds is 6. The van der Waals surface area contributed by atoms with Gasteiger partial charge in [-0.15, -0.1) is 0 Å². The third kappa shape index (κ3) is 7.27. The maximum atomic E-state index is 13.3. The molecule has 2 aromatic heterocycles. The molecule has 0 radical (unpaired) electrons. The normalized spacial score (nSPS) is 20.2. The maximum Gasteiger partial charge on any atom is 0.262 e. The van der Waals surface area contributed by atoms with Crippen molar-refractivity contribution in [1.82, 2.24) is 29.6 Å². The first kappa shape index (κ1) is 38.6. The summed E-state index contributed by atoms with van der Waals surface area (Å²) in [6.45, 7) is 4.51. The summed E-state index contributed by atoms with van der Waals surface area (Å²) in [4.78, 5) is 91.5. The quantitative estimate of drug-likeness (QED) is 0.253. The van der Waals surface area contributed by atoms with E-state index in [1.165, 1.54) is 0 Å². The van der Waals surface area contributed by atoms with Crippen LogP contribution in [0.3, 0.4) is 0 Å². The monoisotopic (exact) mass is 744 g/mol. The molecule has 284 valence electrons. The van der Waals surface area contributed by atoms with E-state index in [-0.39, 0.29) is 29.4 Å². The molecule has 2 saturated heterocycles. The Morgan fingerprint density at radius 1 is 0.545 bits per heavy atom. The van der Waals surface area contributed by atoms with Crippen LogP contribution in [0.2, 0.25) is 0 Å². The van der Waals surface area contributed by atoms with Gasteiger partial charge in [0.1, 0.15) is 12.1 Å². The highest BCUT2D eigenvalue weighted by atomic mass is 16.2. The summed E-state index contributed by atoms with van der Waals surface area (Å²) in [7, 11) is 0. The molecule has 2 aromatic carbocycles. The van der Waals surface area contributed by atoms with Gasteiger partial charge in [0.15, 0.2) is 0 Å². The standard InChI is InChI=1S/2C21H21N3O3.H2O/c2*1-14(24-20(26)16-8-2-3-9-17(16)21(24)27)19(25)23-12-5-4-10-18(23)15-7-6-11-22-13-15;/h2*2-3,6-9,11,13-14,18H,4-5,10,12H2,1H3;1H2. The number of benzene rings is 2. The number of hydrogen-bond donors (Lipinski definition) is 0. The smallest absolute Gasteiger partial charge is 0.262 e. The summed E-state index contributed by atoms with van der Waals surface area (Å²) in [6, 6.07) is 19.3. The van der Waals surface area contributed by atoms with Crippen molar-refractivity contribution in [2.24, 2.45) is 0 Å². The second-order valence-corrected chi connectivity index (χ2v) is 14.1. The van der Waals surface area contributed by atoms with E-state index < -0.39 is 35.7 Å². The fourth-order valence-corrected chi connectivity index (χ4v) is 8.05. The molecule has 0 bridgehead atoms. The van der Waals surface area contributed by atoms with Gasteiger partial charge < -0.3 is 15.3 Å². The van der Waals surface area contributed by atoms with Gasteiger partial charge in [-0.05, 0) is 99.9 Å². The molecule has 0 saturated carbocycles. The SMILES string of the molecule is CC(C(=O)N1CCCCC1c1cccnc1)N1C(=O)c2ccccc2C1=O.CC(C(=O)N1CCCCC1c1cccnc1)N1C(=O)c2ccccc2C1=O.O. The Balaban J connectivity index is 0.000000184. The summed E-state index contributed by atoms with van der Waals surface area (Å²) in [5.74, 6) is -1.98. The van der Waals surface area contributed by atoms with Crippen LogP contribution in [0.25, 0.3) is 0 Å². The molecular formula is C42H44N6O7. The summed E-state index contributed by atoms with van der Waals surface area (Å²) in [6.07, 6.45) is 12.6. The van der Waals surface area contributed by atoms with Gasteiger partial charge in [-0.2, -0.15) is 0 Å². The van der Waals surface area contributed by atoms with Crippen molar-refractivity contribution in [2.75, 3.05) is 13.1 Å². The lowest BCUT2D eigenvalue weighted by Crippen LogP contribution is -2.51. The van der Waals surface area contributed by atoms with Crippen LogP contribution in [-0.4, -0.2) is 95.7 Å². The average molecular weight is 745 g/mol. The van der Waals surface area contributed by atoms with Crippen molar-refractivity contribution in [1.29, 1.82) is 0 Å². The van der Waals surface area contributed by atoms with Crippen molar-refractivity contribution < 1.29 is 34.2 Å². The van der Waals surface area contributed by atoms with Crippen LogP contribution in [0, 0.1) is 0 Å². The molecule has 4 aliphatic rings. The molecule has 55 heavy (non-hydrogen) atoms. The third-order valence-corrected chi connectivity index (χ3v) is 10.9. The molecule has 6 heterocycles. The summed E-state index contributed by atoms with van der Waals surface area (Å²) in [5.41, 5.74) is 3.43. The molecule has 4 aromatic rings. The zero-order valence-electron chi connectivity index (χ0n) is 30.8. The molecular weight excluding hydrogens is 700 g/mol. The highest BCUT2D eigenvalue weighted by Gasteiger charge is 2.44. The number of nitrogens with zero attached hydrogens (tertiary/aromatic N) is 6. The Bertz CT molecular complexity index is 1880. The predicted molar refractivity (Wildman–Crippen MR) is 202 cm³/mol. The molecule has 0 aliphatic carbocycles.